The second-order valence-electron chi connectivity index (χ2n) is 7.14. The molecule has 0 aromatic carbocycles. The van der Waals surface area contributed by atoms with Crippen molar-refractivity contribution in [2.75, 3.05) is 13.1 Å². The van der Waals surface area contributed by atoms with E-state index in [0.717, 1.165) is 30.7 Å². The molecule has 0 radical (unpaired) electrons. The summed E-state index contributed by atoms with van der Waals surface area (Å²) in [5.74, 6) is 2.27. The minimum absolute atomic E-state index is 0.554. The van der Waals surface area contributed by atoms with Gasteiger partial charge in [0.25, 0.3) is 0 Å². The molecular weight excluding hydrogens is 260 g/mol. The number of nitrogens with one attached hydrogen (secondary N) is 1. The lowest BCUT2D eigenvalue weighted by Crippen LogP contribution is -2.25. The summed E-state index contributed by atoms with van der Waals surface area (Å²) in [4.78, 5) is 2.57. The standard InChI is InChI=1S/C18H30N2O/c1-4-18(5-2)8-9-20(13-18)12-16-10-14(3)17(21-16)11-19-15-6-7-15/h10,15,19H,4-9,11-13H2,1-3H3. The van der Waals surface area contributed by atoms with Gasteiger partial charge in [-0.05, 0) is 62.6 Å². The number of furan rings is 1. The molecule has 3 rings (SSSR count). The van der Waals surface area contributed by atoms with Crippen LogP contribution in [0, 0.1) is 12.3 Å². The smallest absolute Gasteiger partial charge is 0.120 e. The van der Waals surface area contributed by atoms with Crippen molar-refractivity contribution >= 4 is 0 Å². The molecule has 1 aromatic heterocycles. The van der Waals surface area contributed by atoms with Gasteiger partial charge in [-0.2, -0.15) is 0 Å². The molecule has 0 atom stereocenters. The molecular formula is C18H30N2O. The lowest BCUT2D eigenvalue weighted by molar-refractivity contribution is 0.224. The van der Waals surface area contributed by atoms with E-state index in [9.17, 15) is 0 Å². The number of likely N-dealkylation sites (tertiary alicyclic amines) is 1. The highest BCUT2D eigenvalue weighted by atomic mass is 16.3. The molecule has 3 nitrogen and oxygen atoms in total. The topological polar surface area (TPSA) is 28.4 Å². The first kappa shape index (κ1) is 15.1. The van der Waals surface area contributed by atoms with E-state index in [1.807, 2.05) is 0 Å². The van der Waals surface area contributed by atoms with Crippen LogP contribution in [0.4, 0.5) is 0 Å². The Hall–Kier alpha value is -0.800. The number of nitrogens with zero attached hydrogens (tertiary/aromatic N) is 1. The quantitative estimate of drug-likeness (QED) is 0.827. The van der Waals surface area contributed by atoms with E-state index in [2.05, 4.69) is 37.1 Å². The predicted molar refractivity (Wildman–Crippen MR) is 86.2 cm³/mol. The third-order valence-electron chi connectivity index (χ3n) is 5.60. The van der Waals surface area contributed by atoms with E-state index in [1.54, 1.807) is 0 Å². The Labute approximate surface area is 129 Å². The molecule has 1 saturated heterocycles. The summed E-state index contributed by atoms with van der Waals surface area (Å²) >= 11 is 0. The Morgan fingerprint density at radius 1 is 1.33 bits per heavy atom. The SMILES string of the molecule is CCC1(CC)CCN(Cc2cc(C)c(CNC3CC3)o2)C1. The maximum absolute atomic E-state index is 6.09. The number of hydrogen-bond acceptors (Lipinski definition) is 3. The van der Waals surface area contributed by atoms with Gasteiger partial charge in [-0.15, -0.1) is 0 Å². The lowest BCUT2D eigenvalue weighted by Gasteiger charge is -2.26. The van der Waals surface area contributed by atoms with E-state index in [-0.39, 0.29) is 0 Å². The Balaban J connectivity index is 1.56. The highest BCUT2D eigenvalue weighted by Gasteiger charge is 2.35. The van der Waals surface area contributed by atoms with Crippen LogP contribution in [-0.4, -0.2) is 24.0 Å². The first-order chi connectivity index (χ1) is 10.1. The molecule has 1 aliphatic heterocycles. The summed E-state index contributed by atoms with van der Waals surface area (Å²) in [6, 6.07) is 2.98. The van der Waals surface area contributed by atoms with Crippen molar-refractivity contribution in [1.82, 2.24) is 10.2 Å². The van der Waals surface area contributed by atoms with Crippen LogP contribution in [0.1, 0.15) is 63.0 Å². The van der Waals surface area contributed by atoms with E-state index in [0.29, 0.717) is 5.41 Å². The van der Waals surface area contributed by atoms with Crippen molar-refractivity contribution < 1.29 is 4.42 Å². The minimum atomic E-state index is 0.554. The second kappa shape index (κ2) is 6.13. The summed E-state index contributed by atoms with van der Waals surface area (Å²) < 4.78 is 6.09. The molecule has 0 unspecified atom stereocenters. The fourth-order valence-corrected chi connectivity index (χ4v) is 3.58. The first-order valence-corrected chi connectivity index (χ1v) is 8.68. The molecule has 118 valence electrons. The monoisotopic (exact) mass is 290 g/mol. The Kier molecular flexibility index (Phi) is 4.41. The molecule has 1 saturated carbocycles. The van der Waals surface area contributed by atoms with Gasteiger partial charge in [0.1, 0.15) is 11.5 Å². The maximum Gasteiger partial charge on any atom is 0.120 e. The summed E-state index contributed by atoms with van der Waals surface area (Å²) in [6.07, 6.45) is 6.60. The maximum atomic E-state index is 6.09. The highest BCUT2D eigenvalue weighted by Crippen LogP contribution is 2.37. The third kappa shape index (κ3) is 3.51. The van der Waals surface area contributed by atoms with E-state index in [1.165, 1.54) is 50.8 Å². The van der Waals surface area contributed by atoms with Crippen LogP contribution in [0.3, 0.4) is 0 Å². The second-order valence-corrected chi connectivity index (χ2v) is 7.14. The lowest BCUT2D eigenvalue weighted by atomic mass is 9.82. The Morgan fingerprint density at radius 2 is 2.10 bits per heavy atom. The number of aryl methyl sites for hydroxylation is 1. The number of hydrogen-bond donors (Lipinski definition) is 1. The third-order valence-corrected chi connectivity index (χ3v) is 5.60. The van der Waals surface area contributed by atoms with Crippen molar-refractivity contribution in [2.24, 2.45) is 5.41 Å². The molecule has 2 heterocycles. The van der Waals surface area contributed by atoms with Gasteiger partial charge in [-0.1, -0.05) is 13.8 Å². The molecule has 21 heavy (non-hydrogen) atoms. The van der Waals surface area contributed by atoms with Crippen LogP contribution in [0.5, 0.6) is 0 Å². The first-order valence-electron chi connectivity index (χ1n) is 8.68. The van der Waals surface area contributed by atoms with Crippen LogP contribution in [0.15, 0.2) is 10.5 Å². The van der Waals surface area contributed by atoms with Gasteiger partial charge in [0.05, 0.1) is 13.1 Å². The largest absolute Gasteiger partial charge is 0.463 e. The van der Waals surface area contributed by atoms with Crippen LogP contribution in [0.25, 0.3) is 0 Å². The van der Waals surface area contributed by atoms with Crippen LogP contribution >= 0.6 is 0 Å². The van der Waals surface area contributed by atoms with Gasteiger partial charge in [0.2, 0.25) is 0 Å². The summed E-state index contributed by atoms with van der Waals surface area (Å²) in [5.41, 5.74) is 1.85. The Bertz CT molecular complexity index is 472. The Morgan fingerprint density at radius 3 is 2.71 bits per heavy atom. The average molecular weight is 290 g/mol. The van der Waals surface area contributed by atoms with Crippen molar-refractivity contribution in [3.8, 4) is 0 Å². The molecule has 0 amide bonds. The van der Waals surface area contributed by atoms with Crippen molar-refractivity contribution in [2.45, 2.75) is 72.0 Å². The van der Waals surface area contributed by atoms with Gasteiger partial charge < -0.3 is 9.73 Å². The van der Waals surface area contributed by atoms with Gasteiger partial charge >= 0.3 is 0 Å². The zero-order chi connectivity index (χ0) is 14.9. The molecule has 0 bridgehead atoms. The average Bonchev–Trinajstić information content (AvgIpc) is 3.13. The minimum Gasteiger partial charge on any atom is -0.463 e. The zero-order valence-corrected chi connectivity index (χ0v) is 13.9. The van der Waals surface area contributed by atoms with Crippen molar-refractivity contribution in [3.05, 3.63) is 23.2 Å². The van der Waals surface area contributed by atoms with Crippen LogP contribution in [-0.2, 0) is 13.1 Å². The normalized spacial score (nSPS) is 22.0. The van der Waals surface area contributed by atoms with Gasteiger partial charge in [-0.3, -0.25) is 4.90 Å². The predicted octanol–water partition coefficient (Wildman–Crippen LogP) is 3.85. The van der Waals surface area contributed by atoms with Crippen LogP contribution < -0.4 is 5.32 Å². The van der Waals surface area contributed by atoms with Crippen LogP contribution in [0.2, 0.25) is 0 Å². The molecule has 1 N–H and O–H groups in total. The summed E-state index contributed by atoms with van der Waals surface area (Å²) in [7, 11) is 0. The summed E-state index contributed by atoms with van der Waals surface area (Å²) in [5, 5.41) is 3.54. The van der Waals surface area contributed by atoms with Crippen molar-refractivity contribution in [1.29, 1.82) is 0 Å². The van der Waals surface area contributed by atoms with E-state index in [4.69, 9.17) is 4.42 Å². The zero-order valence-electron chi connectivity index (χ0n) is 13.9. The molecule has 2 aliphatic rings. The van der Waals surface area contributed by atoms with E-state index < -0.39 is 0 Å². The fraction of sp³-hybridized carbons (Fsp3) is 0.778. The molecule has 1 aromatic rings. The van der Waals surface area contributed by atoms with Crippen molar-refractivity contribution in [3.63, 3.8) is 0 Å². The summed E-state index contributed by atoms with van der Waals surface area (Å²) in [6.45, 7) is 11.2. The van der Waals surface area contributed by atoms with Gasteiger partial charge in [0, 0.05) is 12.6 Å². The molecule has 0 spiro atoms. The number of rotatable bonds is 7. The van der Waals surface area contributed by atoms with Gasteiger partial charge in [-0.25, -0.2) is 0 Å². The molecule has 2 fully saturated rings. The fourth-order valence-electron chi connectivity index (χ4n) is 3.58. The van der Waals surface area contributed by atoms with Gasteiger partial charge in [0.15, 0.2) is 0 Å². The molecule has 1 aliphatic carbocycles. The van der Waals surface area contributed by atoms with E-state index >= 15 is 0 Å². The molecule has 3 heteroatoms. The highest BCUT2D eigenvalue weighted by molar-refractivity contribution is 5.20.